The fourth-order valence-corrected chi connectivity index (χ4v) is 3.89. The second-order valence-electron chi connectivity index (χ2n) is 8.28. The maximum Gasteiger partial charge on any atom is 0.333 e. The summed E-state index contributed by atoms with van der Waals surface area (Å²) in [4.78, 5) is 43.7. The molecule has 9 heteroatoms. The third-order valence-corrected chi connectivity index (χ3v) is 5.95. The fourth-order valence-electron chi connectivity index (χ4n) is 3.89. The van der Waals surface area contributed by atoms with Crippen molar-refractivity contribution in [3.8, 4) is 0 Å². The molecule has 33 heavy (non-hydrogen) atoms. The highest BCUT2D eigenvalue weighted by Crippen LogP contribution is 2.20. The van der Waals surface area contributed by atoms with E-state index in [0.29, 0.717) is 54.7 Å². The summed E-state index contributed by atoms with van der Waals surface area (Å²) in [7, 11) is 1.58. The Morgan fingerprint density at radius 1 is 1.09 bits per heavy atom. The average molecular weight is 456 g/mol. The smallest absolute Gasteiger partial charge is 0.333 e. The van der Waals surface area contributed by atoms with Crippen LogP contribution in [0.15, 0.2) is 33.9 Å². The van der Waals surface area contributed by atoms with Gasteiger partial charge in [-0.3, -0.25) is 14.2 Å². The zero-order valence-corrected chi connectivity index (χ0v) is 20.1. The average Bonchev–Trinajstić information content (AvgIpc) is 3.13. The maximum atomic E-state index is 13.3. The van der Waals surface area contributed by atoms with E-state index < -0.39 is 17.2 Å². The Hall–Kier alpha value is -3.20. The van der Waals surface area contributed by atoms with Gasteiger partial charge in [0.1, 0.15) is 12.4 Å². The van der Waals surface area contributed by atoms with Crippen molar-refractivity contribution >= 4 is 22.8 Å². The molecule has 0 fully saturated rings. The Kier molecular flexibility index (Phi) is 7.86. The number of amides is 1. The van der Waals surface area contributed by atoms with E-state index in [-0.39, 0.29) is 6.54 Å². The standard InChI is InChI=1S/C24H33N5O4/c1-6-12-28-22-21(27(13-14-33-5)17(4)25-22)23(31)29(24(28)32)15-20(30)26-19-10-8-18(9-11-19)16(3)7-2/h8-11,16H,6-7,12-15H2,1-5H3,(H,26,30)/t16-/m1/s1. The molecule has 0 saturated heterocycles. The summed E-state index contributed by atoms with van der Waals surface area (Å²) < 4.78 is 9.37. The van der Waals surface area contributed by atoms with Crippen LogP contribution in [-0.4, -0.2) is 38.3 Å². The number of imidazole rings is 1. The Morgan fingerprint density at radius 3 is 2.39 bits per heavy atom. The van der Waals surface area contributed by atoms with Crippen LogP contribution >= 0.6 is 0 Å². The monoisotopic (exact) mass is 455 g/mol. The summed E-state index contributed by atoms with van der Waals surface area (Å²) in [5.74, 6) is 0.614. The van der Waals surface area contributed by atoms with Gasteiger partial charge in [-0.05, 0) is 43.4 Å². The second-order valence-corrected chi connectivity index (χ2v) is 8.28. The van der Waals surface area contributed by atoms with Crippen LogP contribution in [0.4, 0.5) is 5.69 Å². The molecule has 1 N–H and O–H groups in total. The van der Waals surface area contributed by atoms with E-state index in [1.54, 1.807) is 18.6 Å². The van der Waals surface area contributed by atoms with Crippen LogP contribution in [0, 0.1) is 6.92 Å². The minimum Gasteiger partial charge on any atom is -0.383 e. The molecular formula is C24H33N5O4. The Morgan fingerprint density at radius 2 is 1.79 bits per heavy atom. The summed E-state index contributed by atoms with van der Waals surface area (Å²) in [5, 5.41) is 2.79. The lowest BCUT2D eigenvalue weighted by Gasteiger charge is -2.13. The van der Waals surface area contributed by atoms with Gasteiger partial charge < -0.3 is 14.6 Å². The molecule has 178 valence electrons. The van der Waals surface area contributed by atoms with Crippen LogP contribution in [0.3, 0.4) is 0 Å². The Labute approximate surface area is 193 Å². The first kappa shape index (κ1) is 24.4. The van der Waals surface area contributed by atoms with Gasteiger partial charge in [0.2, 0.25) is 5.91 Å². The maximum absolute atomic E-state index is 13.3. The number of carbonyl (C=O) groups excluding carboxylic acids is 1. The van der Waals surface area contributed by atoms with Gasteiger partial charge in [0.25, 0.3) is 5.56 Å². The largest absolute Gasteiger partial charge is 0.383 e. The van der Waals surface area contributed by atoms with E-state index in [1.807, 2.05) is 31.2 Å². The van der Waals surface area contributed by atoms with Gasteiger partial charge in [0.05, 0.1) is 6.61 Å². The lowest BCUT2D eigenvalue weighted by atomic mass is 9.99. The fraction of sp³-hybridized carbons (Fsp3) is 0.500. The predicted octanol–water partition coefficient (Wildman–Crippen LogP) is 2.88. The minimum atomic E-state index is -0.534. The number of fused-ring (bicyclic) bond motifs is 1. The molecule has 9 nitrogen and oxygen atoms in total. The van der Waals surface area contributed by atoms with E-state index >= 15 is 0 Å². The molecule has 1 aromatic carbocycles. The summed E-state index contributed by atoms with van der Waals surface area (Å²) in [6.07, 6.45) is 1.72. The highest BCUT2D eigenvalue weighted by Gasteiger charge is 2.21. The lowest BCUT2D eigenvalue weighted by molar-refractivity contribution is -0.116. The molecule has 1 amide bonds. The van der Waals surface area contributed by atoms with Gasteiger partial charge in [-0.15, -0.1) is 0 Å². The first-order chi connectivity index (χ1) is 15.8. The van der Waals surface area contributed by atoms with Gasteiger partial charge in [-0.1, -0.05) is 32.9 Å². The van der Waals surface area contributed by atoms with E-state index in [9.17, 15) is 14.4 Å². The molecule has 2 heterocycles. The predicted molar refractivity (Wildman–Crippen MR) is 129 cm³/mol. The molecule has 0 spiro atoms. The van der Waals surface area contributed by atoms with E-state index in [2.05, 4.69) is 24.1 Å². The molecule has 2 aromatic heterocycles. The number of anilines is 1. The molecule has 0 unspecified atom stereocenters. The number of aryl methyl sites for hydroxylation is 2. The SMILES string of the molecule is CCCn1c(=O)n(CC(=O)Nc2ccc([C@H](C)CC)cc2)c(=O)c2c1nc(C)n2CCOC. The number of aromatic nitrogens is 4. The van der Waals surface area contributed by atoms with Crippen LogP contribution in [0.2, 0.25) is 0 Å². The molecule has 0 aliphatic carbocycles. The topological polar surface area (TPSA) is 100 Å². The van der Waals surface area contributed by atoms with Crippen LogP contribution in [0.1, 0.15) is 50.9 Å². The Balaban J connectivity index is 1.97. The molecule has 1 atom stereocenters. The number of ether oxygens (including phenoxy) is 1. The lowest BCUT2D eigenvalue weighted by Crippen LogP contribution is -2.43. The van der Waals surface area contributed by atoms with Crippen molar-refractivity contribution in [1.29, 1.82) is 0 Å². The van der Waals surface area contributed by atoms with Crippen molar-refractivity contribution in [2.45, 2.75) is 66.1 Å². The normalized spacial score (nSPS) is 12.3. The van der Waals surface area contributed by atoms with Crippen molar-refractivity contribution in [3.63, 3.8) is 0 Å². The second kappa shape index (κ2) is 10.6. The molecule has 3 rings (SSSR count). The van der Waals surface area contributed by atoms with Crippen molar-refractivity contribution < 1.29 is 9.53 Å². The highest BCUT2D eigenvalue weighted by atomic mass is 16.5. The highest BCUT2D eigenvalue weighted by molar-refractivity contribution is 5.90. The molecule has 0 saturated carbocycles. The number of rotatable bonds is 10. The summed E-state index contributed by atoms with van der Waals surface area (Å²) >= 11 is 0. The zero-order valence-electron chi connectivity index (χ0n) is 20.1. The molecule has 0 radical (unpaired) electrons. The Bertz CT molecular complexity index is 1240. The molecular weight excluding hydrogens is 422 g/mol. The van der Waals surface area contributed by atoms with Gasteiger partial charge in [-0.25, -0.2) is 14.3 Å². The number of methoxy groups -OCH3 is 1. The van der Waals surface area contributed by atoms with Gasteiger partial charge >= 0.3 is 5.69 Å². The molecule has 0 aliphatic rings. The molecule has 0 aliphatic heterocycles. The quantitative estimate of drug-likeness (QED) is 0.507. The van der Waals surface area contributed by atoms with Crippen LogP contribution in [-0.2, 0) is 29.2 Å². The van der Waals surface area contributed by atoms with Gasteiger partial charge in [-0.2, -0.15) is 0 Å². The zero-order chi connectivity index (χ0) is 24.1. The number of benzene rings is 1. The number of hydrogen-bond acceptors (Lipinski definition) is 5. The number of hydrogen-bond donors (Lipinski definition) is 1. The van der Waals surface area contributed by atoms with E-state index in [4.69, 9.17) is 4.74 Å². The molecule has 3 aromatic rings. The van der Waals surface area contributed by atoms with E-state index in [1.165, 1.54) is 10.1 Å². The summed E-state index contributed by atoms with van der Waals surface area (Å²) in [6.45, 7) is 8.85. The van der Waals surface area contributed by atoms with Crippen LogP contribution in [0.5, 0.6) is 0 Å². The number of nitrogens with zero attached hydrogens (tertiary/aromatic N) is 4. The van der Waals surface area contributed by atoms with E-state index in [0.717, 1.165) is 11.0 Å². The van der Waals surface area contributed by atoms with Gasteiger partial charge in [0, 0.05) is 25.9 Å². The van der Waals surface area contributed by atoms with Crippen molar-refractivity contribution in [2.24, 2.45) is 0 Å². The van der Waals surface area contributed by atoms with Crippen molar-refractivity contribution in [1.82, 2.24) is 18.7 Å². The summed E-state index contributed by atoms with van der Waals surface area (Å²) in [5.41, 5.74) is 1.41. The number of carbonyl (C=O) groups is 1. The van der Waals surface area contributed by atoms with Crippen LogP contribution in [0.25, 0.3) is 11.2 Å². The minimum absolute atomic E-state index is 0.309. The first-order valence-corrected chi connectivity index (χ1v) is 11.4. The summed E-state index contributed by atoms with van der Waals surface area (Å²) in [6, 6.07) is 7.63. The third-order valence-electron chi connectivity index (χ3n) is 5.95. The third kappa shape index (κ3) is 5.08. The first-order valence-electron chi connectivity index (χ1n) is 11.4. The van der Waals surface area contributed by atoms with Crippen molar-refractivity contribution in [2.75, 3.05) is 19.0 Å². The van der Waals surface area contributed by atoms with Crippen molar-refractivity contribution in [3.05, 3.63) is 56.5 Å². The molecule has 0 bridgehead atoms. The number of nitrogens with one attached hydrogen (secondary N) is 1. The van der Waals surface area contributed by atoms with Crippen LogP contribution < -0.4 is 16.6 Å². The van der Waals surface area contributed by atoms with Gasteiger partial charge in [0.15, 0.2) is 11.2 Å².